The number of furan rings is 1. The fraction of sp³-hybridized carbons (Fsp3) is 0.290. The second-order valence-corrected chi connectivity index (χ2v) is 9.52. The first-order valence-corrected chi connectivity index (χ1v) is 13.1. The van der Waals surface area contributed by atoms with Crippen molar-refractivity contribution in [2.45, 2.75) is 38.7 Å². The molecule has 1 aliphatic heterocycles. The molecular weight excluding hydrogens is 494 g/mol. The van der Waals surface area contributed by atoms with Crippen molar-refractivity contribution in [1.29, 1.82) is 5.26 Å². The van der Waals surface area contributed by atoms with E-state index in [0.29, 0.717) is 66.3 Å². The SMILES string of the molecule is CC(=O)NCCCC(=O)c1ccc(-c2cc3nccc(-c4ccc(OC5CCOCC5)c(C#N)c4)c3o2)cc1. The number of Topliss-reactive ketones (excluding diaryl/α,β-unsaturated/α-hetero) is 1. The standard InChI is InChI=1S/C31H29N3O5/c1-20(35)33-13-2-3-28(36)21-4-6-22(7-5-21)30-18-27-31(39-30)26(10-14-34-27)23-8-9-29(24(17-23)19-32)38-25-11-15-37-16-12-25/h4-10,14,17-18,25H,2-3,11-13,15-16H2,1H3,(H,33,35). The highest BCUT2D eigenvalue weighted by Crippen LogP contribution is 2.35. The first-order valence-electron chi connectivity index (χ1n) is 13.1. The molecule has 1 N–H and O–H groups in total. The van der Waals surface area contributed by atoms with E-state index >= 15 is 0 Å². The number of amides is 1. The number of rotatable bonds is 9. The zero-order valence-electron chi connectivity index (χ0n) is 21.7. The fourth-order valence-corrected chi connectivity index (χ4v) is 4.65. The van der Waals surface area contributed by atoms with Crippen molar-refractivity contribution >= 4 is 22.8 Å². The first kappa shape index (κ1) is 26.1. The van der Waals surface area contributed by atoms with Crippen LogP contribution >= 0.6 is 0 Å². The third-order valence-electron chi connectivity index (χ3n) is 6.73. The molecule has 198 valence electrons. The van der Waals surface area contributed by atoms with E-state index in [9.17, 15) is 14.9 Å². The van der Waals surface area contributed by atoms with Crippen molar-refractivity contribution in [3.05, 3.63) is 71.9 Å². The molecule has 2 aromatic carbocycles. The van der Waals surface area contributed by atoms with E-state index < -0.39 is 0 Å². The van der Waals surface area contributed by atoms with E-state index in [2.05, 4.69) is 16.4 Å². The summed E-state index contributed by atoms with van der Waals surface area (Å²) in [7, 11) is 0. The molecule has 0 saturated carbocycles. The van der Waals surface area contributed by atoms with Gasteiger partial charge in [-0.25, -0.2) is 0 Å². The Morgan fingerprint density at radius 3 is 2.59 bits per heavy atom. The average Bonchev–Trinajstić information content (AvgIpc) is 3.41. The number of nitrogens with one attached hydrogen (secondary N) is 1. The number of carbonyl (C=O) groups is 2. The van der Waals surface area contributed by atoms with Crippen LogP contribution in [0, 0.1) is 11.3 Å². The number of hydrogen-bond acceptors (Lipinski definition) is 7. The van der Waals surface area contributed by atoms with E-state index in [4.69, 9.17) is 13.9 Å². The summed E-state index contributed by atoms with van der Waals surface area (Å²) in [6, 6.07) is 18.9. The Bertz CT molecular complexity index is 1530. The molecule has 4 aromatic rings. The highest BCUT2D eigenvalue weighted by atomic mass is 16.5. The van der Waals surface area contributed by atoms with Crippen LogP contribution in [0.5, 0.6) is 5.75 Å². The summed E-state index contributed by atoms with van der Waals surface area (Å²) < 4.78 is 17.8. The van der Waals surface area contributed by atoms with Crippen molar-refractivity contribution in [2.75, 3.05) is 19.8 Å². The van der Waals surface area contributed by atoms with Crippen LogP contribution in [0.15, 0.2) is 65.2 Å². The van der Waals surface area contributed by atoms with Gasteiger partial charge in [-0.1, -0.05) is 30.3 Å². The molecule has 39 heavy (non-hydrogen) atoms. The largest absolute Gasteiger partial charge is 0.489 e. The molecule has 1 amide bonds. The molecule has 5 rings (SSSR count). The molecule has 0 spiro atoms. The maximum absolute atomic E-state index is 12.5. The number of carbonyl (C=O) groups excluding carboxylic acids is 2. The molecule has 1 saturated heterocycles. The summed E-state index contributed by atoms with van der Waals surface area (Å²) >= 11 is 0. The van der Waals surface area contributed by atoms with Crippen molar-refractivity contribution in [1.82, 2.24) is 10.3 Å². The summed E-state index contributed by atoms with van der Waals surface area (Å²) in [4.78, 5) is 27.9. The predicted molar refractivity (Wildman–Crippen MR) is 146 cm³/mol. The summed E-state index contributed by atoms with van der Waals surface area (Å²) in [5, 5.41) is 12.5. The van der Waals surface area contributed by atoms with Crippen molar-refractivity contribution < 1.29 is 23.5 Å². The summed E-state index contributed by atoms with van der Waals surface area (Å²) in [5.41, 5.74) is 4.88. The van der Waals surface area contributed by atoms with Gasteiger partial charge in [0.25, 0.3) is 0 Å². The Hall–Kier alpha value is -4.48. The Morgan fingerprint density at radius 2 is 1.85 bits per heavy atom. The van der Waals surface area contributed by atoms with Gasteiger partial charge in [0.1, 0.15) is 29.2 Å². The smallest absolute Gasteiger partial charge is 0.216 e. The minimum Gasteiger partial charge on any atom is -0.489 e. The molecule has 1 fully saturated rings. The van der Waals surface area contributed by atoms with Crippen LogP contribution in [0.4, 0.5) is 0 Å². The topological polar surface area (TPSA) is 114 Å². The van der Waals surface area contributed by atoms with Gasteiger partial charge >= 0.3 is 0 Å². The van der Waals surface area contributed by atoms with Crippen LogP contribution in [0.3, 0.4) is 0 Å². The van der Waals surface area contributed by atoms with Crippen LogP contribution in [0.1, 0.15) is 48.5 Å². The zero-order valence-corrected chi connectivity index (χ0v) is 21.7. The Morgan fingerprint density at radius 1 is 1.08 bits per heavy atom. The van der Waals surface area contributed by atoms with Crippen LogP contribution in [0.2, 0.25) is 0 Å². The molecule has 1 aliphatic rings. The minimum atomic E-state index is -0.0996. The first-order chi connectivity index (χ1) is 19.0. The van der Waals surface area contributed by atoms with Crippen LogP contribution in [-0.2, 0) is 9.53 Å². The zero-order chi connectivity index (χ0) is 27.2. The lowest BCUT2D eigenvalue weighted by molar-refractivity contribution is -0.118. The lowest BCUT2D eigenvalue weighted by Crippen LogP contribution is -2.26. The number of nitrogens with zero attached hydrogens (tertiary/aromatic N) is 2. The maximum atomic E-state index is 12.5. The molecule has 0 unspecified atom stereocenters. The van der Waals surface area contributed by atoms with Gasteiger partial charge in [0.2, 0.25) is 5.91 Å². The predicted octanol–water partition coefficient (Wildman–Crippen LogP) is 5.69. The molecule has 2 aromatic heterocycles. The molecule has 8 heteroatoms. The van der Waals surface area contributed by atoms with Crippen LogP contribution in [-0.4, -0.2) is 42.5 Å². The molecular formula is C31H29N3O5. The van der Waals surface area contributed by atoms with Gasteiger partial charge in [0, 0.05) is 61.7 Å². The number of aromatic nitrogens is 1. The van der Waals surface area contributed by atoms with Gasteiger partial charge in [-0.05, 0) is 30.2 Å². The maximum Gasteiger partial charge on any atom is 0.216 e. The van der Waals surface area contributed by atoms with Crippen molar-refractivity contribution in [3.63, 3.8) is 0 Å². The van der Waals surface area contributed by atoms with Crippen LogP contribution in [0.25, 0.3) is 33.6 Å². The third kappa shape index (κ3) is 6.16. The van der Waals surface area contributed by atoms with E-state index in [0.717, 1.165) is 29.5 Å². The normalized spacial score (nSPS) is 13.6. The Kier molecular flexibility index (Phi) is 7.99. The Labute approximate surface area is 226 Å². The number of ether oxygens (including phenoxy) is 2. The molecule has 8 nitrogen and oxygen atoms in total. The summed E-state index contributed by atoms with van der Waals surface area (Å²) in [5.74, 6) is 1.13. The van der Waals surface area contributed by atoms with Crippen molar-refractivity contribution in [3.8, 4) is 34.3 Å². The van der Waals surface area contributed by atoms with Gasteiger partial charge in [-0.3, -0.25) is 14.6 Å². The van der Waals surface area contributed by atoms with E-state index in [-0.39, 0.29) is 17.8 Å². The van der Waals surface area contributed by atoms with E-state index in [1.54, 1.807) is 18.3 Å². The summed E-state index contributed by atoms with van der Waals surface area (Å²) in [6.07, 6.45) is 4.33. The van der Waals surface area contributed by atoms with Gasteiger partial charge in [-0.2, -0.15) is 5.26 Å². The molecule has 3 heterocycles. The second kappa shape index (κ2) is 11.9. The molecule has 0 aliphatic carbocycles. The van der Waals surface area contributed by atoms with Crippen LogP contribution < -0.4 is 10.1 Å². The third-order valence-corrected chi connectivity index (χ3v) is 6.73. The number of nitriles is 1. The van der Waals surface area contributed by atoms with Gasteiger partial charge in [0.05, 0.1) is 18.8 Å². The fourth-order valence-electron chi connectivity index (χ4n) is 4.65. The van der Waals surface area contributed by atoms with Gasteiger partial charge in [0.15, 0.2) is 11.4 Å². The van der Waals surface area contributed by atoms with Crippen molar-refractivity contribution in [2.24, 2.45) is 0 Å². The monoisotopic (exact) mass is 523 g/mol. The lowest BCUT2D eigenvalue weighted by atomic mass is 10.0. The number of fused-ring (bicyclic) bond motifs is 1. The summed E-state index contributed by atoms with van der Waals surface area (Å²) in [6.45, 7) is 3.27. The van der Waals surface area contributed by atoms with E-state index in [1.165, 1.54) is 6.92 Å². The quantitative estimate of drug-likeness (QED) is 0.221. The molecule has 0 radical (unpaired) electrons. The highest BCUT2D eigenvalue weighted by molar-refractivity contribution is 5.97. The lowest BCUT2D eigenvalue weighted by Gasteiger charge is -2.23. The molecule has 0 atom stereocenters. The number of hydrogen-bond donors (Lipinski definition) is 1. The number of ketones is 1. The minimum absolute atomic E-state index is 0.0259. The number of benzene rings is 2. The number of pyridine rings is 1. The van der Waals surface area contributed by atoms with Gasteiger partial charge in [-0.15, -0.1) is 0 Å². The average molecular weight is 524 g/mol. The highest BCUT2D eigenvalue weighted by Gasteiger charge is 2.19. The van der Waals surface area contributed by atoms with E-state index in [1.807, 2.05) is 42.5 Å². The Balaban J connectivity index is 1.35. The molecule has 0 bridgehead atoms. The second-order valence-electron chi connectivity index (χ2n) is 9.52. The van der Waals surface area contributed by atoms with Gasteiger partial charge < -0.3 is 19.2 Å².